The van der Waals surface area contributed by atoms with Crippen molar-refractivity contribution < 1.29 is 28.2 Å². The van der Waals surface area contributed by atoms with Gasteiger partial charge in [0.25, 0.3) is 5.79 Å². The quantitative estimate of drug-likeness (QED) is 0.618. The number of hydrogen-bond donors (Lipinski definition) is 0. The molecule has 1 heterocycles. The number of ether oxygens (including phenoxy) is 2. The number of esters is 2. The van der Waals surface area contributed by atoms with Gasteiger partial charge in [-0.25, -0.2) is 4.39 Å². The molecule has 0 aromatic heterocycles. The summed E-state index contributed by atoms with van der Waals surface area (Å²) < 4.78 is 23.1. The van der Waals surface area contributed by atoms with E-state index >= 15 is 0 Å². The summed E-state index contributed by atoms with van der Waals surface area (Å²) in [6.45, 7) is 2.78. The van der Waals surface area contributed by atoms with Gasteiger partial charge >= 0.3 is 11.9 Å². The Hall–Kier alpha value is -2.24. The number of hydrogen-bond acceptors (Lipinski definition) is 5. The molecule has 1 aromatic rings. The summed E-state index contributed by atoms with van der Waals surface area (Å²) in [6.07, 6.45) is -0.373. The molecule has 0 radical (unpaired) electrons. The average molecular weight is 280 g/mol. The first-order chi connectivity index (χ1) is 9.30. The monoisotopic (exact) mass is 280 g/mol. The highest BCUT2D eigenvalue weighted by Gasteiger charge is 2.46. The van der Waals surface area contributed by atoms with E-state index in [1.807, 2.05) is 0 Å². The fraction of sp³-hybridized carbons (Fsp3) is 0.357. The van der Waals surface area contributed by atoms with Gasteiger partial charge < -0.3 is 9.47 Å². The molecule has 6 heteroatoms. The summed E-state index contributed by atoms with van der Waals surface area (Å²) in [4.78, 5) is 35.4. The van der Waals surface area contributed by atoms with Crippen LogP contribution in [0.4, 0.5) is 4.39 Å². The minimum Gasteiger partial charge on any atom is -0.422 e. The summed E-state index contributed by atoms with van der Waals surface area (Å²) in [5.74, 6) is -6.29. The third-order valence-electron chi connectivity index (χ3n) is 2.81. The number of carbonyl (C=O) groups is 3. The van der Waals surface area contributed by atoms with Gasteiger partial charge in [-0.05, 0) is 11.6 Å². The Kier molecular flexibility index (Phi) is 3.57. The average Bonchev–Trinajstić information content (AvgIpc) is 2.29. The summed E-state index contributed by atoms with van der Waals surface area (Å²) in [5, 5.41) is 0. The minimum absolute atomic E-state index is 0.114. The van der Waals surface area contributed by atoms with Gasteiger partial charge in [-0.3, -0.25) is 14.4 Å². The number of carbonyl (C=O) groups excluding carboxylic acids is 3. The molecule has 2 rings (SSSR count). The van der Waals surface area contributed by atoms with E-state index < -0.39 is 35.2 Å². The van der Waals surface area contributed by atoms with Crippen LogP contribution in [0.25, 0.3) is 0 Å². The normalized spacial score (nSPS) is 18.4. The highest BCUT2D eigenvalue weighted by molar-refractivity contribution is 6.16. The first-order valence-electron chi connectivity index (χ1n) is 6.02. The van der Waals surface area contributed by atoms with Crippen molar-refractivity contribution in [3.63, 3.8) is 0 Å². The van der Waals surface area contributed by atoms with Gasteiger partial charge in [-0.15, -0.1) is 0 Å². The van der Waals surface area contributed by atoms with E-state index in [-0.39, 0.29) is 12.0 Å². The molecule has 1 fully saturated rings. The number of cyclic esters (lactones) is 2. The maximum atomic E-state index is 13.4. The Balaban J connectivity index is 2.16. The third-order valence-corrected chi connectivity index (χ3v) is 2.81. The number of benzene rings is 1. The predicted molar refractivity (Wildman–Crippen MR) is 64.9 cm³/mol. The standard InChI is InChI=1S/C14H13FO5/c1-14(2)19-12(17)11(13(18)20-14)10(16)7-8-5-3-4-6-9(8)15/h3-6,11H,7H2,1-2H3. The molecule has 0 N–H and O–H groups in total. The van der Waals surface area contributed by atoms with Crippen LogP contribution >= 0.6 is 0 Å². The lowest BCUT2D eigenvalue weighted by molar-refractivity contribution is -0.238. The van der Waals surface area contributed by atoms with Crippen molar-refractivity contribution in [3.05, 3.63) is 35.6 Å². The number of halogens is 1. The molecule has 5 nitrogen and oxygen atoms in total. The molecule has 0 atom stereocenters. The van der Waals surface area contributed by atoms with E-state index in [0.29, 0.717) is 0 Å². The smallest absolute Gasteiger partial charge is 0.331 e. The Morgan fingerprint density at radius 2 is 1.75 bits per heavy atom. The highest BCUT2D eigenvalue weighted by atomic mass is 19.1. The van der Waals surface area contributed by atoms with E-state index in [1.54, 1.807) is 6.07 Å². The Morgan fingerprint density at radius 3 is 2.30 bits per heavy atom. The van der Waals surface area contributed by atoms with E-state index in [1.165, 1.54) is 32.0 Å². The molecule has 0 bridgehead atoms. The first-order valence-corrected chi connectivity index (χ1v) is 6.02. The molecule has 0 amide bonds. The van der Waals surface area contributed by atoms with Gasteiger partial charge in [0.2, 0.25) is 5.92 Å². The van der Waals surface area contributed by atoms with E-state index in [2.05, 4.69) is 0 Å². The molecule has 0 unspecified atom stereocenters. The second-order valence-electron chi connectivity index (χ2n) is 4.91. The van der Waals surface area contributed by atoms with Crippen molar-refractivity contribution in [2.45, 2.75) is 26.1 Å². The Labute approximate surface area is 114 Å². The number of Topliss-reactive ketones (excluding diaryl/α,β-unsaturated/α-hetero) is 1. The van der Waals surface area contributed by atoms with Gasteiger partial charge in [0, 0.05) is 20.3 Å². The maximum absolute atomic E-state index is 13.4. The lowest BCUT2D eigenvalue weighted by atomic mass is 9.96. The van der Waals surface area contributed by atoms with Crippen LogP contribution in [0.1, 0.15) is 19.4 Å². The molecule has 0 saturated carbocycles. The highest BCUT2D eigenvalue weighted by Crippen LogP contribution is 2.24. The van der Waals surface area contributed by atoms with Crippen LogP contribution < -0.4 is 0 Å². The van der Waals surface area contributed by atoms with E-state index in [4.69, 9.17) is 9.47 Å². The molecule has 0 aliphatic carbocycles. The number of ketones is 1. The van der Waals surface area contributed by atoms with Crippen LogP contribution in [-0.2, 0) is 30.3 Å². The SMILES string of the molecule is CC1(C)OC(=O)C(C(=O)Cc2ccccc2F)C(=O)O1. The summed E-state index contributed by atoms with van der Waals surface area (Å²) in [5.41, 5.74) is 0.114. The molecule has 1 aliphatic rings. The second-order valence-corrected chi connectivity index (χ2v) is 4.91. The van der Waals surface area contributed by atoms with Gasteiger partial charge in [-0.1, -0.05) is 18.2 Å². The van der Waals surface area contributed by atoms with Crippen LogP contribution in [0, 0.1) is 11.7 Å². The minimum atomic E-state index is -1.65. The van der Waals surface area contributed by atoms with E-state index in [9.17, 15) is 18.8 Å². The van der Waals surface area contributed by atoms with Gasteiger partial charge in [0.05, 0.1) is 0 Å². The molecule has 0 spiro atoms. The van der Waals surface area contributed by atoms with Gasteiger partial charge in [0.1, 0.15) is 5.82 Å². The topological polar surface area (TPSA) is 69.7 Å². The third kappa shape index (κ3) is 2.84. The van der Waals surface area contributed by atoms with Crippen molar-refractivity contribution >= 4 is 17.7 Å². The fourth-order valence-electron chi connectivity index (χ4n) is 1.91. The molecule has 106 valence electrons. The van der Waals surface area contributed by atoms with Crippen LogP contribution in [0.5, 0.6) is 0 Å². The summed E-state index contributed by atoms with van der Waals surface area (Å²) >= 11 is 0. The fourth-order valence-corrected chi connectivity index (χ4v) is 1.91. The van der Waals surface area contributed by atoms with Gasteiger partial charge in [-0.2, -0.15) is 0 Å². The Bertz CT molecular complexity index is 559. The van der Waals surface area contributed by atoms with Crippen LogP contribution in [0.3, 0.4) is 0 Å². The zero-order valence-electron chi connectivity index (χ0n) is 11.0. The zero-order chi connectivity index (χ0) is 14.9. The predicted octanol–water partition coefficient (Wildman–Crippen LogP) is 1.39. The van der Waals surface area contributed by atoms with Crippen molar-refractivity contribution in [3.8, 4) is 0 Å². The van der Waals surface area contributed by atoms with Crippen LogP contribution in [0.2, 0.25) is 0 Å². The second kappa shape index (κ2) is 5.03. The van der Waals surface area contributed by atoms with Crippen molar-refractivity contribution in [1.29, 1.82) is 0 Å². The zero-order valence-corrected chi connectivity index (χ0v) is 11.0. The lowest BCUT2D eigenvalue weighted by Crippen LogP contribution is -2.49. The maximum Gasteiger partial charge on any atom is 0.331 e. The molecule has 1 saturated heterocycles. The lowest BCUT2D eigenvalue weighted by Gasteiger charge is -2.32. The molecular weight excluding hydrogens is 267 g/mol. The largest absolute Gasteiger partial charge is 0.422 e. The van der Waals surface area contributed by atoms with Crippen molar-refractivity contribution in [2.24, 2.45) is 5.92 Å². The van der Waals surface area contributed by atoms with Crippen molar-refractivity contribution in [1.82, 2.24) is 0 Å². The van der Waals surface area contributed by atoms with Crippen LogP contribution in [0.15, 0.2) is 24.3 Å². The molecule has 1 aliphatic heterocycles. The number of rotatable bonds is 3. The van der Waals surface area contributed by atoms with Crippen molar-refractivity contribution in [2.75, 3.05) is 0 Å². The van der Waals surface area contributed by atoms with Crippen LogP contribution in [-0.4, -0.2) is 23.5 Å². The Morgan fingerprint density at radius 1 is 1.20 bits per heavy atom. The van der Waals surface area contributed by atoms with E-state index in [0.717, 1.165) is 0 Å². The molecule has 20 heavy (non-hydrogen) atoms. The summed E-state index contributed by atoms with van der Waals surface area (Å²) in [7, 11) is 0. The summed E-state index contributed by atoms with van der Waals surface area (Å²) in [6, 6.07) is 5.65. The first kappa shape index (κ1) is 14.2. The molecule has 1 aromatic carbocycles. The van der Waals surface area contributed by atoms with Gasteiger partial charge in [0.15, 0.2) is 5.78 Å². The molecular formula is C14H13FO5.